The summed E-state index contributed by atoms with van der Waals surface area (Å²) < 4.78 is 27.2. The third-order valence-electron chi connectivity index (χ3n) is 5.06. The van der Waals surface area contributed by atoms with E-state index in [4.69, 9.17) is 34.8 Å². The minimum absolute atomic E-state index is 0.0471. The molecular weight excluding hydrogens is 519 g/mol. The van der Waals surface area contributed by atoms with Crippen molar-refractivity contribution in [2.45, 2.75) is 19.1 Å². The molecule has 0 bridgehead atoms. The highest BCUT2D eigenvalue weighted by atomic mass is 35.5. The molecule has 1 heterocycles. The summed E-state index contributed by atoms with van der Waals surface area (Å²) in [5.41, 5.74) is 5.17. The maximum atomic E-state index is 13.8. The Balaban J connectivity index is 1.51. The highest BCUT2D eigenvalue weighted by molar-refractivity contribution is 6.31. The highest BCUT2D eigenvalue weighted by Gasteiger charge is 2.22. The maximum absolute atomic E-state index is 13.8. The second-order valence-electron chi connectivity index (χ2n) is 7.58. The molecule has 3 aromatic carbocycles. The fourth-order valence-corrected chi connectivity index (χ4v) is 3.83. The van der Waals surface area contributed by atoms with Crippen molar-refractivity contribution in [3.63, 3.8) is 0 Å². The van der Waals surface area contributed by atoms with E-state index < -0.39 is 23.7 Å². The van der Waals surface area contributed by atoms with Gasteiger partial charge in [-0.15, -0.1) is 0 Å². The first-order valence-electron chi connectivity index (χ1n) is 10.4. The van der Waals surface area contributed by atoms with Crippen LogP contribution in [0.5, 0.6) is 0 Å². The van der Waals surface area contributed by atoms with E-state index in [2.05, 4.69) is 26.2 Å². The number of halogens is 5. The Bertz CT molecular complexity index is 1330. The summed E-state index contributed by atoms with van der Waals surface area (Å²) in [4.78, 5) is 17.2. The van der Waals surface area contributed by atoms with E-state index >= 15 is 0 Å². The molecule has 0 fully saturated rings. The minimum Gasteiger partial charge on any atom is -0.334 e. The van der Waals surface area contributed by atoms with Crippen LogP contribution in [0.25, 0.3) is 0 Å². The third-order valence-corrected chi connectivity index (χ3v) is 5.95. The van der Waals surface area contributed by atoms with E-state index in [0.717, 1.165) is 17.3 Å². The first kappa shape index (κ1) is 24.9. The zero-order valence-electron chi connectivity index (χ0n) is 18.0. The van der Waals surface area contributed by atoms with Crippen LogP contribution in [-0.2, 0) is 6.54 Å². The Morgan fingerprint density at radius 2 is 1.89 bits per heavy atom. The van der Waals surface area contributed by atoms with Crippen molar-refractivity contribution in [1.29, 1.82) is 0 Å². The molecule has 0 aromatic heterocycles. The van der Waals surface area contributed by atoms with Gasteiger partial charge in [-0.3, -0.25) is 15.5 Å². The van der Waals surface area contributed by atoms with Crippen molar-refractivity contribution in [2.75, 3.05) is 0 Å². The lowest BCUT2D eigenvalue weighted by molar-refractivity contribution is 0.0975. The average molecular weight is 537 g/mol. The Labute approximate surface area is 215 Å². The Kier molecular flexibility index (Phi) is 7.85. The topological polar surface area (TPSA) is 77.9 Å². The number of guanidine groups is 1. The van der Waals surface area contributed by atoms with Crippen LogP contribution in [0.4, 0.5) is 8.78 Å². The Morgan fingerprint density at radius 1 is 1.06 bits per heavy atom. The number of aliphatic imine (C=N–C) groups is 1. The molecule has 1 aliphatic heterocycles. The van der Waals surface area contributed by atoms with Gasteiger partial charge in [0.2, 0.25) is 0 Å². The van der Waals surface area contributed by atoms with Crippen molar-refractivity contribution in [1.82, 2.24) is 16.1 Å². The molecule has 3 N–H and O–H groups in total. The third kappa shape index (κ3) is 6.48. The van der Waals surface area contributed by atoms with Gasteiger partial charge in [0.15, 0.2) is 5.96 Å². The van der Waals surface area contributed by atoms with Crippen molar-refractivity contribution >= 4 is 52.4 Å². The van der Waals surface area contributed by atoms with Gasteiger partial charge in [-0.2, -0.15) is 5.10 Å². The van der Waals surface area contributed by atoms with Crippen LogP contribution >= 0.6 is 34.8 Å². The second kappa shape index (κ2) is 11.0. The summed E-state index contributed by atoms with van der Waals surface area (Å²) in [7, 11) is 0. The number of hydrogen-bond acceptors (Lipinski definition) is 4. The van der Waals surface area contributed by atoms with Crippen LogP contribution in [0.15, 0.2) is 70.8 Å². The average Bonchev–Trinajstić information content (AvgIpc) is 3.28. The summed E-state index contributed by atoms with van der Waals surface area (Å²) in [6, 6.07) is 14.9. The molecule has 1 aliphatic rings. The SMILES string of the molecule is O=C(NC(=NCc1ccc(F)cc1Cl)NC1CC(c2cccc(Cl)c2)=NN1)c1ccc(Cl)c(F)c1. The number of nitrogens with zero attached hydrogens (tertiary/aromatic N) is 2. The number of carbonyl (C=O) groups excluding carboxylic acids is 1. The summed E-state index contributed by atoms with van der Waals surface area (Å²) in [5.74, 6) is -1.71. The van der Waals surface area contributed by atoms with Crippen molar-refractivity contribution in [3.8, 4) is 0 Å². The molecule has 6 nitrogen and oxygen atoms in total. The van der Waals surface area contributed by atoms with Gasteiger partial charge in [-0.25, -0.2) is 13.8 Å². The van der Waals surface area contributed by atoms with Crippen LogP contribution in [0, 0.1) is 11.6 Å². The first-order chi connectivity index (χ1) is 16.8. The van der Waals surface area contributed by atoms with Gasteiger partial charge >= 0.3 is 0 Å². The molecule has 1 unspecified atom stereocenters. The Morgan fingerprint density at radius 3 is 2.63 bits per heavy atom. The number of hydrogen-bond donors (Lipinski definition) is 3. The van der Waals surface area contributed by atoms with E-state index in [1.165, 1.54) is 30.3 Å². The van der Waals surface area contributed by atoms with Gasteiger partial charge in [0.25, 0.3) is 5.91 Å². The molecule has 0 spiro atoms. The number of benzene rings is 3. The molecule has 4 rings (SSSR count). The molecule has 3 aromatic rings. The van der Waals surface area contributed by atoms with Gasteiger partial charge in [0, 0.05) is 22.0 Å². The van der Waals surface area contributed by atoms with E-state index in [1.54, 1.807) is 12.1 Å². The first-order valence-corrected chi connectivity index (χ1v) is 11.5. The molecule has 1 amide bonds. The van der Waals surface area contributed by atoms with E-state index in [9.17, 15) is 13.6 Å². The van der Waals surface area contributed by atoms with Gasteiger partial charge in [0.1, 0.15) is 17.8 Å². The quantitative estimate of drug-likeness (QED) is 0.297. The van der Waals surface area contributed by atoms with E-state index in [1.807, 2.05) is 12.1 Å². The second-order valence-corrected chi connectivity index (χ2v) is 8.83. The molecule has 1 atom stereocenters. The van der Waals surface area contributed by atoms with E-state index in [-0.39, 0.29) is 28.1 Å². The zero-order chi connectivity index (χ0) is 24.9. The zero-order valence-corrected chi connectivity index (χ0v) is 20.2. The lowest BCUT2D eigenvalue weighted by atomic mass is 10.1. The molecular formula is C24H18Cl3F2N5O. The number of amides is 1. The lowest BCUT2D eigenvalue weighted by Gasteiger charge is -2.17. The number of rotatable bonds is 5. The van der Waals surface area contributed by atoms with Crippen molar-refractivity contribution < 1.29 is 13.6 Å². The van der Waals surface area contributed by atoms with Crippen LogP contribution in [0.3, 0.4) is 0 Å². The highest BCUT2D eigenvalue weighted by Crippen LogP contribution is 2.19. The minimum atomic E-state index is -0.721. The smallest absolute Gasteiger partial charge is 0.258 e. The maximum Gasteiger partial charge on any atom is 0.258 e. The summed E-state index contributed by atoms with van der Waals surface area (Å²) in [6.45, 7) is 0.0471. The van der Waals surface area contributed by atoms with Gasteiger partial charge in [-0.05, 0) is 53.6 Å². The number of carbonyl (C=O) groups is 1. The molecule has 180 valence electrons. The summed E-state index contributed by atoms with van der Waals surface area (Å²) >= 11 is 17.9. The molecule has 0 aliphatic carbocycles. The van der Waals surface area contributed by atoms with Crippen molar-refractivity contribution in [3.05, 3.63) is 104 Å². The number of hydrazone groups is 1. The predicted octanol–water partition coefficient (Wildman–Crippen LogP) is 5.52. The monoisotopic (exact) mass is 535 g/mol. The molecule has 0 saturated heterocycles. The lowest BCUT2D eigenvalue weighted by Crippen LogP contribution is -2.49. The summed E-state index contributed by atoms with van der Waals surface area (Å²) in [5, 5.41) is 10.7. The van der Waals surface area contributed by atoms with Crippen LogP contribution < -0.4 is 16.1 Å². The standard InChI is InChI=1S/C24H18Cl3F2N5O/c25-16-3-1-2-13(8-16)21-11-22(34-33-21)31-24(30-12-15-4-6-17(28)10-19(15)27)32-23(35)14-5-7-18(26)20(29)9-14/h1-10,22,34H,11-12H2,(H2,30,31,32,35). The van der Waals surface area contributed by atoms with Crippen LogP contribution in [0.1, 0.15) is 27.9 Å². The fraction of sp³-hybridized carbons (Fsp3) is 0.125. The van der Waals surface area contributed by atoms with Crippen LogP contribution in [-0.4, -0.2) is 23.7 Å². The van der Waals surface area contributed by atoms with Crippen LogP contribution in [0.2, 0.25) is 15.1 Å². The molecule has 35 heavy (non-hydrogen) atoms. The summed E-state index contributed by atoms with van der Waals surface area (Å²) in [6.07, 6.45) is 0.0518. The molecule has 0 radical (unpaired) electrons. The van der Waals surface area contributed by atoms with Gasteiger partial charge in [0.05, 0.1) is 17.3 Å². The predicted molar refractivity (Wildman–Crippen MR) is 134 cm³/mol. The fourth-order valence-electron chi connectivity index (χ4n) is 3.29. The van der Waals surface area contributed by atoms with Gasteiger partial charge in [-0.1, -0.05) is 53.0 Å². The Hall–Kier alpha value is -3.20. The molecule has 11 heteroatoms. The largest absolute Gasteiger partial charge is 0.334 e. The van der Waals surface area contributed by atoms with E-state index in [0.29, 0.717) is 17.0 Å². The number of nitrogens with one attached hydrogen (secondary N) is 3. The molecule has 0 saturated carbocycles. The van der Waals surface area contributed by atoms with Gasteiger partial charge < -0.3 is 5.32 Å². The van der Waals surface area contributed by atoms with Crippen molar-refractivity contribution in [2.24, 2.45) is 10.1 Å². The normalized spacial score (nSPS) is 15.4.